The summed E-state index contributed by atoms with van der Waals surface area (Å²) in [6.07, 6.45) is -0.182. The van der Waals surface area contributed by atoms with Gasteiger partial charge >= 0.3 is 0 Å². The maximum atomic E-state index is 13.4. The molecule has 0 aliphatic carbocycles. The predicted molar refractivity (Wildman–Crippen MR) is 71.1 cm³/mol. The number of benzene rings is 1. The van der Waals surface area contributed by atoms with Gasteiger partial charge in [0, 0.05) is 18.2 Å². The monoisotopic (exact) mass is 303 g/mol. The highest BCUT2D eigenvalue weighted by molar-refractivity contribution is 7.89. The average molecular weight is 303 g/mol. The molecule has 0 amide bonds. The molecule has 1 aromatic carbocycles. The summed E-state index contributed by atoms with van der Waals surface area (Å²) in [5, 5.41) is 9.04. The molecule has 0 bridgehead atoms. The van der Waals surface area contributed by atoms with Crippen LogP contribution in [0.1, 0.15) is 19.4 Å². The Balaban J connectivity index is 2.39. The van der Waals surface area contributed by atoms with E-state index in [2.05, 4.69) is 0 Å². The molecule has 2 atom stereocenters. The number of rotatable bonds is 3. The van der Waals surface area contributed by atoms with Crippen molar-refractivity contribution in [1.29, 1.82) is 0 Å². The van der Waals surface area contributed by atoms with Crippen LogP contribution in [0.4, 0.5) is 4.39 Å². The Labute approximate surface area is 118 Å². The van der Waals surface area contributed by atoms with Crippen molar-refractivity contribution in [2.75, 3.05) is 13.2 Å². The molecule has 20 heavy (non-hydrogen) atoms. The first-order valence-electron chi connectivity index (χ1n) is 6.39. The number of halogens is 1. The second kappa shape index (κ2) is 5.77. The van der Waals surface area contributed by atoms with Gasteiger partial charge in [0.1, 0.15) is 5.82 Å². The molecule has 5 nitrogen and oxygen atoms in total. The van der Waals surface area contributed by atoms with Crippen molar-refractivity contribution in [1.82, 2.24) is 4.31 Å². The maximum absolute atomic E-state index is 13.4. The normalized spacial score (nSPS) is 24.8. The number of aliphatic hydroxyl groups is 1. The van der Waals surface area contributed by atoms with E-state index in [1.54, 1.807) is 13.8 Å². The van der Waals surface area contributed by atoms with Gasteiger partial charge in [-0.15, -0.1) is 0 Å². The summed E-state index contributed by atoms with van der Waals surface area (Å²) < 4.78 is 45.3. The zero-order valence-electron chi connectivity index (χ0n) is 11.4. The minimum Gasteiger partial charge on any atom is -0.392 e. The molecule has 1 aliphatic rings. The van der Waals surface area contributed by atoms with Gasteiger partial charge in [0.25, 0.3) is 0 Å². The second-order valence-corrected chi connectivity index (χ2v) is 6.87. The Bertz CT molecular complexity index is 590. The van der Waals surface area contributed by atoms with Crippen molar-refractivity contribution < 1.29 is 22.7 Å². The van der Waals surface area contributed by atoms with Gasteiger partial charge in [0.2, 0.25) is 10.0 Å². The van der Waals surface area contributed by atoms with E-state index in [0.29, 0.717) is 6.61 Å². The molecular formula is C13H18FNO4S. The molecule has 0 saturated carbocycles. The number of nitrogens with zero attached hydrogens (tertiary/aromatic N) is 1. The number of aliphatic hydroxyl groups excluding tert-OH is 1. The van der Waals surface area contributed by atoms with E-state index in [9.17, 15) is 12.8 Å². The van der Waals surface area contributed by atoms with Crippen LogP contribution in [0.2, 0.25) is 0 Å². The van der Waals surface area contributed by atoms with E-state index in [1.807, 2.05) is 0 Å². The molecule has 0 radical (unpaired) electrons. The topological polar surface area (TPSA) is 66.8 Å². The van der Waals surface area contributed by atoms with Crippen LogP contribution < -0.4 is 0 Å². The number of hydrogen-bond acceptors (Lipinski definition) is 4. The van der Waals surface area contributed by atoms with E-state index < -0.39 is 22.4 Å². The Kier molecular flexibility index (Phi) is 4.43. The Hall–Kier alpha value is -1.02. The number of ether oxygens (including phenoxy) is 1. The summed E-state index contributed by atoms with van der Waals surface area (Å²) in [5.74, 6) is -0.616. The molecule has 1 saturated heterocycles. The number of sulfonamides is 1. The summed E-state index contributed by atoms with van der Waals surface area (Å²) in [5.41, 5.74) is -0.0277. The highest BCUT2D eigenvalue weighted by atomic mass is 32.2. The fourth-order valence-corrected chi connectivity index (χ4v) is 3.92. The van der Waals surface area contributed by atoms with Crippen LogP contribution in [0.25, 0.3) is 0 Å². The lowest BCUT2D eigenvalue weighted by atomic mass is 10.2. The summed E-state index contributed by atoms with van der Waals surface area (Å²) in [7, 11) is -3.72. The van der Waals surface area contributed by atoms with Crippen molar-refractivity contribution in [2.24, 2.45) is 0 Å². The summed E-state index contributed by atoms with van der Waals surface area (Å²) in [6, 6.07) is 3.18. The third-order valence-electron chi connectivity index (χ3n) is 3.34. The van der Waals surface area contributed by atoms with Crippen molar-refractivity contribution in [3.8, 4) is 0 Å². The smallest absolute Gasteiger partial charge is 0.243 e. The average Bonchev–Trinajstić information content (AvgIpc) is 2.41. The predicted octanol–water partition coefficient (Wildman–Crippen LogP) is 1.12. The molecule has 1 fully saturated rings. The van der Waals surface area contributed by atoms with Gasteiger partial charge in [-0.3, -0.25) is 0 Å². The van der Waals surface area contributed by atoms with Gasteiger partial charge in [-0.1, -0.05) is 0 Å². The van der Waals surface area contributed by atoms with Gasteiger partial charge in [0.15, 0.2) is 0 Å². The van der Waals surface area contributed by atoms with Gasteiger partial charge in [-0.05, 0) is 32.0 Å². The van der Waals surface area contributed by atoms with Gasteiger partial charge in [-0.25, -0.2) is 12.8 Å². The molecular weight excluding hydrogens is 285 g/mol. The molecule has 1 aromatic rings. The minimum absolute atomic E-state index is 0.0103. The second-order valence-electron chi connectivity index (χ2n) is 4.98. The van der Waals surface area contributed by atoms with Gasteiger partial charge in [0.05, 0.1) is 24.2 Å². The van der Waals surface area contributed by atoms with E-state index in [1.165, 1.54) is 16.4 Å². The highest BCUT2D eigenvalue weighted by Crippen LogP contribution is 2.24. The third-order valence-corrected chi connectivity index (χ3v) is 5.32. The van der Waals surface area contributed by atoms with E-state index in [4.69, 9.17) is 9.84 Å². The zero-order chi connectivity index (χ0) is 14.9. The van der Waals surface area contributed by atoms with Crippen molar-refractivity contribution in [2.45, 2.75) is 37.5 Å². The van der Waals surface area contributed by atoms with Crippen LogP contribution in [-0.4, -0.2) is 43.1 Å². The summed E-state index contributed by atoms with van der Waals surface area (Å²) in [4.78, 5) is -0.0103. The van der Waals surface area contributed by atoms with Crippen molar-refractivity contribution in [3.63, 3.8) is 0 Å². The van der Waals surface area contributed by atoms with Gasteiger partial charge in [-0.2, -0.15) is 4.31 Å². The first-order valence-corrected chi connectivity index (χ1v) is 7.83. The Morgan fingerprint density at radius 1 is 1.45 bits per heavy atom. The van der Waals surface area contributed by atoms with E-state index >= 15 is 0 Å². The summed E-state index contributed by atoms with van der Waals surface area (Å²) >= 11 is 0. The first kappa shape index (κ1) is 15.4. The minimum atomic E-state index is -3.72. The van der Waals surface area contributed by atoms with Crippen LogP contribution in [0.15, 0.2) is 23.1 Å². The first-order chi connectivity index (χ1) is 9.36. The Morgan fingerprint density at radius 3 is 2.80 bits per heavy atom. The van der Waals surface area contributed by atoms with Crippen LogP contribution in [0, 0.1) is 5.82 Å². The molecule has 1 heterocycles. The zero-order valence-corrected chi connectivity index (χ0v) is 12.2. The van der Waals surface area contributed by atoms with Crippen molar-refractivity contribution in [3.05, 3.63) is 29.6 Å². The van der Waals surface area contributed by atoms with Crippen LogP contribution >= 0.6 is 0 Å². The number of morpholine rings is 1. The van der Waals surface area contributed by atoms with Crippen molar-refractivity contribution >= 4 is 10.0 Å². The SMILES string of the molecule is CC1CN(S(=O)(=O)c2ccc(F)c(CO)c2)C(C)CO1. The van der Waals surface area contributed by atoms with E-state index in [-0.39, 0.29) is 29.1 Å². The fourth-order valence-electron chi connectivity index (χ4n) is 2.18. The van der Waals surface area contributed by atoms with E-state index in [0.717, 1.165) is 6.07 Å². The van der Waals surface area contributed by atoms with Crippen LogP contribution in [0.3, 0.4) is 0 Å². The fraction of sp³-hybridized carbons (Fsp3) is 0.538. The quantitative estimate of drug-likeness (QED) is 0.908. The molecule has 7 heteroatoms. The Morgan fingerprint density at radius 2 is 2.15 bits per heavy atom. The lowest BCUT2D eigenvalue weighted by Crippen LogP contribution is -2.50. The largest absolute Gasteiger partial charge is 0.392 e. The molecule has 2 unspecified atom stereocenters. The van der Waals surface area contributed by atoms with Crippen LogP contribution in [-0.2, 0) is 21.4 Å². The number of hydrogen-bond donors (Lipinski definition) is 1. The molecule has 0 spiro atoms. The molecule has 1 N–H and O–H groups in total. The maximum Gasteiger partial charge on any atom is 0.243 e. The highest BCUT2D eigenvalue weighted by Gasteiger charge is 2.34. The summed E-state index contributed by atoms with van der Waals surface area (Å²) in [6.45, 7) is 3.62. The molecule has 112 valence electrons. The molecule has 1 aliphatic heterocycles. The lowest BCUT2D eigenvalue weighted by Gasteiger charge is -2.35. The third kappa shape index (κ3) is 2.85. The standard InChI is InChI=1S/C13H18FNO4S/c1-9-8-19-10(2)6-15(9)20(17,18)12-3-4-13(14)11(5-12)7-16/h3-5,9-10,16H,6-8H2,1-2H3. The lowest BCUT2D eigenvalue weighted by molar-refractivity contribution is -0.0170. The van der Waals surface area contributed by atoms with Gasteiger partial charge < -0.3 is 9.84 Å². The van der Waals surface area contributed by atoms with Crippen LogP contribution in [0.5, 0.6) is 0 Å². The molecule has 2 rings (SSSR count). The molecule has 0 aromatic heterocycles.